The van der Waals surface area contributed by atoms with Crippen LogP contribution >= 0.6 is 0 Å². The quantitative estimate of drug-likeness (QED) is 0.336. The zero-order chi connectivity index (χ0) is 25.2. The molecule has 1 N–H and O–H groups in total. The molecule has 0 aliphatic rings. The number of hydrogen-bond donors (Lipinski definition) is 1. The second kappa shape index (κ2) is 9.65. The van der Waals surface area contributed by atoms with Crippen molar-refractivity contribution in [2.75, 3.05) is 18.4 Å². The van der Waals surface area contributed by atoms with E-state index >= 15 is 0 Å². The smallest absolute Gasteiger partial charge is 0.259 e. The number of aryl methyl sites for hydroxylation is 2. The molecule has 0 fully saturated rings. The van der Waals surface area contributed by atoms with E-state index < -0.39 is 0 Å². The summed E-state index contributed by atoms with van der Waals surface area (Å²) >= 11 is 0. The van der Waals surface area contributed by atoms with Crippen molar-refractivity contribution in [3.05, 3.63) is 89.7 Å². The Hall–Kier alpha value is -4.46. The van der Waals surface area contributed by atoms with Crippen LogP contribution in [0.15, 0.2) is 72.9 Å². The Kier molecular flexibility index (Phi) is 6.25. The average Bonchev–Trinajstić information content (AvgIpc) is 3.47. The number of anilines is 2. The fourth-order valence-electron chi connectivity index (χ4n) is 4.51. The molecule has 0 aliphatic carbocycles. The molecule has 0 unspecified atom stereocenters. The maximum atomic E-state index is 13.4. The number of amides is 1. The van der Waals surface area contributed by atoms with E-state index in [4.69, 9.17) is 10.1 Å². The van der Waals surface area contributed by atoms with E-state index in [-0.39, 0.29) is 5.91 Å². The second-order valence-electron chi connectivity index (χ2n) is 8.61. The molecule has 0 saturated heterocycles. The molecule has 0 aliphatic heterocycles. The summed E-state index contributed by atoms with van der Waals surface area (Å²) in [5.41, 5.74) is 4.99. The Labute approximate surface area is 210 Å². The highest BCUT2D eigenvalue weighted by atomic mass is 16.2. The van der Waals surface area contributed by atoms with Crippen molar-refractivity contribution in [2.24, 2.45) is 0 Å². The minimum absolute atomic E-state index is 0.0762. The van der Waals surface area contributed by atoms with E-state index in [0.29, 0.717) is 30.3 Å². The molecular weight excluding hydrogens is 450 g/mol. The van der Waals surface area contributed by atoms with Crippen LogP contribution in [0, 0.1) is 13.8 Å². The molecule has 0 saturated carbocycles. The van der Waals surface area contributed by atoms with Gasteiger partial charge in [-0.05, 0) is 63.6 Å². The van der Waals surface area contributed by atoms with E-state index in [0.717, 1.165) is 33.7 Å². The zero-order valence-corrected chi connectivity index (χ0v) is 20.9. The molecule has 182 valence electrons. The van der Waals surface area contributed by atoms with Crippen LogP contribution in [-0.4, -0.2) is 48.4 Å². The van der Waals surface area contributed by atoms with Crippen molar-refractivity contribution < 1.29 is 4.79 Å². The molecule has 36 heavy (non-hydrogen) atoms. The van der Waals surface area contributed by atoms with Crippen molar-refractivity contribution in [1.82, 2.24) is 29.4 Å². The lowest BCUT2D eigenvalue weighted by Crippen LogP contribution is -2.30. The van der Waals surface area contributed by atoms with Crippen LogP contribution in [0.3, 0.4) is 0 Å². The van der Waals surface area contributed by atoms with Crippen LogP contribution in [0.25, 0.3) is 22.4 Å². The van der Waals surface area contributed by atoms with Crippen molar-refractivity contribution in [3.8, 4) is 11.4 Å². The number of hydrogen-bond acceptors (Lipinski definition) is 5. The van der Waals surface area contributed by atoms with Crippen LogP contribution < -0.4 is 5.32 Å². The summed E-state index contributed by atoms with van der Waals surface area (Å²) in [6.45, 7) is 9.23. The Bertz CT molecular complexity index is 1520. The first-order chi connectivity index (χ1) is 17.5. The standard InChI is InChI=1S/C28H29N7O/c1-5-33(6-2)28(36)23-18-29-34(21-13-9-7-10-14-21)26(23)30-24-17-19(3)25-20(4)32-35(27(25)31-24)22-15-11-8-12-16-22/h7-18H,5-6H2,1-4H3,(H,30,31). The average molecular weight is 480 g/mol. The summed E-state index contributed by atoms with van der Waals surface area (Å²) in [6.07, 6.45) is 1.62. The van der Waals surface area contributed by atoms with Gasteiger partial charge in [-0.15, -0.1) is 0 Å². The number of nitrogens with one attached hydrogen (secondary N) is 1. The van der Waals surface area contributed by atoms with Crippen molar-refractivity contribution in [2.45, 2.75) is 27.7 Å². The van der Waals surface area contributed by atoms with Gasteiger partial charge in [0.25, 0.3) is 5.91 Å². The third kappa shape index (κ3) is 4.11. The van der Waals surface area contributed by atoms with Gasteiger partial charge in [0.15, 0.2) is 5.65 Å². The fraction of sp³-hybridized carbons (Fsp3) is 0.214. The van der Waals surface area contributed by atoms with Crippen LogP contribution in [0.5, 0.6) is 0 Å². The Morgan fingerprint density at radius 3 is 2.14 bits per heavy atom. The topological polar surface area (TPSA) is 80.9 Å². The lowest BCUT2D eigenvalue weighted by molar-refractivity contribution is 0.0774. The molecule has 5 aromatic rings. The molecule has 3 aromatic heterocycles. The number of fused-ring (bicyclic) bond motifs is 1. The van der Waals surface area contributed by atoms with Crippen molar-refractivity contribution >= 4 is 28.6 Å². The molecule has 0 spiro atoms. The number of aromatic nitrogens is 5. The van der Waals surface area contributed by atoms with E-state index in [1.165, 1.54) is 0 Å². The Morgan fingerprint density at radius 1 is 0.917 bits per heavy atom. The van der Waals surface area contributed by atoms with Crippen LogP contribution in [0.1, 0.15) is 35.5 Å². The highest BCUT2D eigenvalue weighted by molar-refractivity contribution is 5.99. The predicted molar refractivity (Wildman–Crippen MR) is 142 cm³/mol. The first-order valence-electron chi connectivity index (χ1n) is 12.1. The Morgan fingerprint density at radius 2 is 1.53 bits per heavy atom. The van der Waals surface area contributed by atoms with Gasteiger partial charge in [-0.2, -0.15) is 10.2 Å². The summed E-state index contributed by atoms with van der Waals surface area (Å²) in [7, 11) is 0. The number of rotatable bonds is 7. The summed E-state index contributed by atoms with van der Waals surface area (Å²) in [6, 6.07) is 21.7. The highest BCUT2D eigenvalue weighted by Crippen LogP contribution is 2.29. The second-order valence-corrected chi connectivity index (χ2v) is 8.61. The van der Waals surface area contributed by atoms with Gasteiger partial charge in [-0.1, -0.05) is 36.4 Å². The lowest BCUT2D eigenvalue weighted by Gasteiger charge is -2.19. The SMILES string of the molecule is CCN(CC)C(=O)c1cnn(-c2ccccc2)c1Nc1cc(C)c2c(C)nn(-c3ccccc3)c2n1. The normalized spacial score (nSPS) is 11.1. The fourth-order valence-corrected chi connectivity index (χ4v) is 4.51. The maximum Gasteiger partial charge on any atom is 0.259 e. The molecule has 5 rings (SSSR count). The van der Waals surface area contributed by atoms with Gasteiger partial charge in [0.2, 0.25) is 0 Å². The van der Waals surface area contributed by atoms with E-state index in [1.54, 1.807) is 15.8 Å². The van der Waals surface area contributed by atoms with Crippen molar-refractivity contribution in [3.63, 3.8) is 0 Å². The van der Waals surface area contributed by atoms with Gasteiger partial charge in [0, 0.05) is 18.5 Å². The minimum atomic E-state index is -0.0762. The minimum Gasteiger partial charge on any atom is -0.339 e. The summed E-state index contributed by atoms with van der Waals surface area (Å²) in [5, 5.41) is 13.8. The summed E-state index contributed by atoms with van der Waals surface area (Å²) in [4.78, 5) is 20.1. The van der Waals surface area contributed by atoms with Crippen molar-refractivity contribution in [1.29, 1.82) is 0 Å². The number of para-hydroxylation sites is 2. The van der Waals surface area contributed by atoms with Crippen LogP contribution in [-0.2, 0) is 0 Å². The monoisotopic (exact) mass is 479 g/mol. The number of benzene rings is 2. The first-order valence-corrected chi connectivity index (χ1v) is 12.1. The third-order valence-corrected chi connectivity index (χ3v) is 6.31. The van der Waals surface area contributed by atoms with Gasteiger partial charge < -0.3 is 10.2 Å². The van der Waals surface area contributed by atoms with Crippen LogP contribution in [0.2, 0.25) is 0 Å². The number of pyridine rings is 1. The lowest BCUT2D eigenvalue weighted by atomic mass is 10.1. The molecule has 3 heterocycles. The van der Waals surface area contributed by atoms with Gasteiger partial charge in [-0.25, -0.2) is 14.3 Å². The highest BCUT2D eigenvalue weighted by Gasteiger charge is 2.23. The summed E-state index contributed by atoms with van der Waals surface area (Å²) in [5.74, 6) is 1.11. The molecule has 0 radical (unpaired) electrons. The molecule has 2 aromatic carbocycles. The molecule has 8 nitrogen and oxygen atoms in total. The number of carbonyl (C=O) groups is 1. The van der Waals surface area contributed by atoms with Gasteiger partial charge in [-0.3, -0.25) is 4.79 Å². The molecule has 1 amide bonds. The third-order valence-electron chi connectivity index (χ3n) is 6.31. The maximum absolute atomic E-state index is 13.4. The van der Waals surface area contributed by atoms with E-state index in [9.17, 15) is 4.79 Å². The van der Waals surface area contributed by atoms with Gasteiger partial charge >= 0.3 is 0 Å². The molecule has 0 bridgehead atoms. The first kappa shape index (κ1) is 23.3. The van der Waals surface area contributed by atoms with E-state index in [1.807, 2.05) is 92.2 Å². The van der Waals surface area contributed by atoms with Crippen LogP contribution in [0.4, 0.5) is 11.6 Å². The Balaban J connectivity index is 1.65. The van der Waals surface area contributed by atoms with Gasteiger partial charge in [0.05, 0.1) is 23.3 Å². The van der Waals surface area contributed by atoms with E-state index in [2.05, 4.69) is 17.3 Å². The van der Waals surface area contributed by atoms with Gasteiger partial charge in [0.1, 0.15) is 17.2 Å². The zero-order valence-electron chi connectivity index (χ0n) is 20.9. The predicted octanol–water partition coefficient (Wildman–Crippen LogP) is 5.45. The summed E-state index contributed by atoms with van der Waals surface area (Å²) < 4.78 is 3.61. The molecule has 8 heteroatoms. The largest absolute Gasteiger partial charge is 0.339 e. The molecular formula is C28H29N7O. The number of nitrogens with zero attached hydrogens (tertiary/aromatic N) is 6. The molecule has 0 atom stereocenters. The number of carbonyl (C=O) groups excluding carboxylic acids is 1.